The van der Waals surface area contributed by atoms with Crippen LogP contribution in [0.15, 0.2) is 24.5 Å². The van der Waals surface area contributed by atoms with Crippen LogP contribution < -0.4 is 9.47 Å². The van der Waals surface area contributed by atoms with Crippen LogP contribution in [0.4, 0.5) is 5.69 Å². The molecule has 2 heteroatoms. The highest BCUT2D eigenvalue weighted by Gasteiger charge is 2.02. The number of hydrogen-bond donors (Lipinski definition) is 0. The van der Waals surface area contributed by atoms with Gasteiger partial charge in [0.1, 0.15) is 6.54 Å². The van der Waals surface area contributed by atoms with Gasteiger partial charge in [-0.05, 0) is 6.42 Å². The number of unbranched alkanes of at least 4 members (excludes halogenated alkanes) is 12. The van der Waals surface area contributed by atoms with Crippen LogP contribution in [0.1, 0.15) is 90.4 Å². The number of rotatable bonds is 15. The third-order valence-electron chi connectivity index (χ3n) is 4.91. The van der Waals surface area contributed by atoms with E-state index in [1.165, 1.54) is 89.2 Å². The number of anilines is 1. The summed E-state index contributed by atoms with van der Waals surface area (Å²) in [7, 11) is 4.18. The molecule has 0 aromatic carbocycles. The van der Waals surface area contributed by atoms with Gasteiger partial charge in [0.15, 0.2) is 12.4 Å². The fraction of sp³-hybridized carbons (Fsp3) is 0.773. The van der Waals surface area contributed by atoms with Crippen molar-refractivity contribution in [2.45, 2.75) is 96.9 Å². The summed E-state index contributed by atoms with van der Waals surface area (Å²) in [5.74, 6) is 0. The molecule has 0 saturated carbocycles. The summed E-state index contributed by atoms with van der Waals surface area (Å²) in [5.41, 5.74) is 1.27. The number of hydrogen-bond acceptors (Lipinski definition) is 1. The zero-order valence-corrected chi connectivity index (χ0v) is 16.6. The lowest BCUT2D eigenvalue weighted by molar-refractivity contribution is -0.697. The van der Waals surface area contributed by atoms with E-state index in [2.05, 4.69) is 55.0 Å². The molecule has 1 aromatic heterocycles. The molecule has 0 saturated heterocycles. The van der Waals surface area contributed by atoms with E-state index in [-0.39, 0.29) is 0 Å². The predicted molar refractivity (Wildman–Crippen MR) is 107 cm³/mol. The maximum absolute atomic E-state index is 2.31. The van der Waals surface area contributed by atoms with Crippen LogP contribution in [0.2, 0.25) is 0 Å². The van der Waals surface area contributed by atoms with Gasteiger partial charge in [-0.2, -0.15) is 0 Å². The van der Waals surface area contributed by atoms with Crippen molar-refractivity contribution < 1.29 is 4.57 Å². The Morgan fingerprint density at radius 3 is 1.50 bits per heavy atom. The summed E-state index contributed by atoms with van der Waals surface area (Å²) >= 11 is 0. The average molecular weight is 334 g/mol. The van der Waals surface area contributed by atoms with Crippen molar-refractivity contribution in [2.24, 2.45) is 0 Å². The second kappa shape index (κ2) is 14.3. The molecular formula is C22H41N2+. The Bertz CT molecular complexity index is 383. The van der Waals surface area contributed by atoms with Gasteiger partial charge >= 0.3 is 0 Å². The lowest BCUT2D eigenvalue weighted by Crippen LogP contribution is -2.32. The Kier molecular flexibility index (Phi) is 12.5. The van der Waals surface area contributed by atoms with E-state index >= 15 is 0 Å². The van der Waals surface area contributed by atoms with Gasteiger partial charge in [0.2, 0.25) is 0 Å². The van der Waals surface area contributed by atoms with Crippen LogP contribution in [0.5, 0.6) is 0 Å². The van der Waals surface area contributed by atoms with Crippen LogP contribution in [-0.4, -0.2) is 14.1 Å². The third-order valence-corrected chi connectivity index (χ3v) is 4.91. The lowest BCUT2D eigenvalue weighted by Gasteiger charge is -2.10. The zero-order valence-electron chi connectivity index (χ0n) is 16.6. The first kappa shape index (κ1) is 21.0. The van der Waals surface area contributed by atoms with Gasteiger partial charge in [-0.15, -0.1) is 0 Å². The molecule has 0 N–H and O–H groups in total. The lowest BCUT2D eigenvalue weighted by atomic mass is 10.0. The average Bonchev–Trinajstić information content (AvgIpc) is 2.59. The summed E-state index contributed by atoms with van der Waals surface area (Å²) in [6, 6.07) is 4.39. The van der Waals surface area contributed by atoms with E-state index in [1.807, 2.05) is 0 Å². The first-order chi connectivity index (χ1) is 11.7. The number of aryl methyl sites for hydroxylation is 1. The minimum atomic E-state index is 1.16. The summed E-state index contributed by atoms with van der Waals surface area (Å²) in [6.07, 6.45) is 22.9. The molecule has 0 atom stereocenters. The van der Waals surface area contributed by atoms with E-state index in [9.17, 15) is 0 Å². The second-order valence-corrected chi connectivity index (χ2v) is 7.43. The summed E-state index contributed by atoms with van der Waals surface area (Å²) < 4.78 is 2.31. The first-order valence-corrected chi connectivity index (χ1v) is 10.4. The molecule has 0 bridgehead atoms. The molecule has 138 valence electrons. The highest BCUT2D eigenvalue weighted by atomic mass is 15.1. The molecule has 2 nitrogen and oxygen atoms in total. The Labute approximate surface area is 151 Å². The Balaban J connectivity index is 1.87. The van der Waals surface area contributed by atoms with Gasteiger partial charge in [-0.3, -0.25) is 0 Å². The highest BCUT2D eigenvalue weighted by molar-refractivity contribution is 5.41. The van der Waals surface area contributed by atoms with Crippen molar-refractivity contribution in [3.8, 4) is 0 Å². The van der Waals surface area contributed by atoms with Crippen LogP contribution in [-0.2, 0) is 6.54 Å². The Morgan fingerprint density at radius 1 is 0.667 bits per heavy atom. The van der Waals surface area contributed by atoms with Crippen molar-refractivity contribution >= 4 is 5.69 Å². The second-order valence-electron chi connectivity index (χ2n) is 7.43. The van der Waals surface area contributed by atoms with Crippen molar-refractivity contribution in [1.29, 1.82) is 0 Å². The first-order valence-electron chi connectivity index (χ1n) is 10.4. The normalized spacial score (nSPS) is 11.0. The third kappa shape index (κ3) is 10.7. The number of pyridine rings is 1. The highest BCUT2D eigenvalue weighted by Crippen LogP contribution is 2.12. The predicted octanol–water partition coefficient (Wildman–Crippen LogP) is 6.13. The van der Waals surface area contributed by atoms with Crippen LogP contribution in [0, 0.1) is 0 Å². The van der Waals surface area contributed by atoms with Crippen molar-refractivity contribution in [1.82, 2.24) is 0 Å². The largest absolute Gasteiger partial charge is 0.377 e. The molecule has 0 amide bonds. The fourth-order valence-electron chi connectivity index (χ4n) is 3.21. The Morgan fingerprint density at radius 2 is 1.08 bits per heavy atom. The van der Waals surface area contributed by atoms with Gasteiger partial charge in [0.05, 0.1) is 0 Å². The molecule has 0 aliphatic heterocycles. The minimum Gasteiger partial charge on any atom is -0.377 e. The van der Waals surface area contributed by atoms with E-state index in [0.717, 1.165) is 6.54 Å². The number of nitrogens with zero attached hydrogens (tertiary/aromatic N) is 2. The fourth-order valence-corrected chi connectivity index (χ4v) is 3.21. The van der Waals surface area contributed by atoms with Crippen LogP contribution >= 0.6 is 0 Å². The molecule has 1 heterocycles. The Hall–Kier alpha value is -1.05. The molecule has 1 aromatic rings. The summed E-state index contributed by atoms with van der Waals surface area (Å²) in [5, 5.41) is 0. The maximum Gasteiger partial charge on any atom is 0.170 e. The van der Waals surface area contributed by atoms with E-state index in [0.29, 0.717) is 0 Å². The maximum atomic E-state index is 2.31. The van der Waals surface area contributed by atoms with Gasteiger partial charge in [-0.25, -0.2) is 4.57 Å². The SMILES string of the molecule is CCCCCCCCCCCCCCC[n+]1ccc(N(C)C)cc1. The molecule has 0 unspecified atom stereocenters. The van der Waals surface area contributed by atoms with E-state index in [1.54, 1.807) is 0 Å². The summed E-state index contributed by atoms with van der Waals surface area (Å²) in [6.45, 7) is 3.45. The van der Waals surface area contributed by atoms with Crippen molar-refractivity contribution in [3.63, 3.8) is 0 Å². The standard InChI is InChI=1S/C22H41N2/c1-4-5-6-7-8-9-10-11-12-13-14-15-16-19-24-20-17-22(18-21-24)23(2)3/h17-18,20-21H,4-16,19H2,1-3H3/q+1. The number of aromatic nitrogens is 1. The van der Waals surface area contributed by atoms with E-state index in [4.69, 9.17) is 0 Å². The molecule has 24 heavy (non-hydrogen) atoms. The van der Waals surface area contributed by atoms with Crippen LogP contribution in [0.3, 0.4) is 0 Å². The van der Waals surface area contributed by atoms with Gasteiger partial charge in [0, 0.05) is 38.3 Å². The molecule has 0 aliphatic rings. The molecule has 0 aliphatic carbocycles. The van der Waals surface area contributed by atoms with E-state index < -0.39 is 0 Å². The minimum absolute atomic E-state index is 1.16. The molecule has 0 radical (unpaired) electrons. The zero-order chi connectivity index (χ0) is 17.5. The molecule has 1 rings (SSSR count). The van der Waals surface area contributed by atoms with Gasteiger partial charge in [-0.1, -0.05) is 77.6 Å². The van der Waals surface area contributed by atoms with Gasteiger partial charge < -0.3 is 4.90 Å². The summed E-state index contributed by atoms with van der Waals surface area (Å²) in [4.78, 5) is 2.15. The molecular weight excluding hydrogens is 292 g/mol. The van der Waals surface area contributed by atoms with Crippen LogP contribution in [0.25, 0.3) is 0 Å². The van der Waals surface area contributed by atoms with Crippen molar-refractivity contribution in [2.75, 3.05) is 19.0 Å². The molecule has 0 spiro atoms. The monoisotopic (exact) mass is 333 g/mol. The van der Waals surface area contributed by atoms with Gasteiger partial charge in [0.25, 0.3) is 0 Å². The topological polar surface area (TPSA) is 7.12 Å². The quantitative estimate of drug-likeness (QED) is 0.276. The molecule has 0 fully saturated rings. The van der Waals surface area contributed by atoms with Crippen molar-refractivity contribution in [3.05, 3.63) is 24.5 Å². The smallest absolute Gasteiger partial charge is 0.170 e.